The van der Waals surface area contributed by atoms with Crippen molar-refractivity contribution in [2.24, 2.45) is 0 Å². The van der Waals surface area contributed by atoms with Gasteiger partial charge >= 0.3 is 0 Å². The summed E-state index contributed by atoms with van der Waals surface area (Å²) in [4.78, 5) is 0. The van der Waals surface area contributed by atoms with Crippen LogP contribution >= 0.6 is 0 Å². The van der Waals surface area contributed by atoms with Gasteiger partial charge in [-0.15, -0.1) is 0 Å². The van der Waals surface area contributed by atoms with Crippen LogP contribution in [0, 0.1) is 0 Å². The molecular weight excluding hydrogens is 184 g/mol. The van der Waals surface area contributed by atoms with Gasteiger partial charge in [0.15, 0.2) is 11.1 Å². The lowest BCUT2D eigenvalue weighted by molar-refractivity contribution is 0.558. The van der Waals surface area contributed by atoms with Crippen molar-refractivity contribution in [3.63, 3.8) is 0 Å². The lowest BCUT2D eigenvalue weighted by Gasteiger charge is -2.08. The topological polar surface area (TPSA) is 54.4 Å². The summed E-state index contributed by atoms with van der Waals surface area (Å²) in [6.07, 6.45) is 3.29. The summed E-state index contributed by atoms with van der Waals surface area (Å²) in [5.41, 5.74) is 0. The fraction of sp³-hybridized carbons (Fsp3) is 1.00. The van der Waals surface area contributed by atoms with E-state index in [-0.39, 0.29) is 5.25 Å². The molecule has 5 heteroatoms. The van der Waals surface area contributed by atoms with Crippen molar-refractivity contribution >= 4 is 21.9 Å². The van der Waals surface area contributed by atoms with Crippen LogP contribution in [0.2, 0.25) is 0 Å². The lowest BCUT2D eigenvalue weighted by Crippen LogP contribution is -2.25. The average molecular weight is 194 g/mol. The van der Waals surface area contributed by atoms with Crippen LogP contribution in [0.25, 0.3) is 0 Å². The maximum atomic E-state index is 11.5. The van der Waals surface area contributed by atoms with Crippen LogP contribution in [0.1, 0.15) is 25.7 Å². The summed E-state index contributed by atoms with van der Waals surface area (Å²) in [6.45, 7) is 0. The predicted octanol–water partition coefficient (Wildman–Crippen LogP) is 0.609. The van der Waals surface area contributed by atoms with Gasteiger partial charge < -0.3 is 4.55 Å². The molecule has 2 unspecified atom stereocenters. The molecule has 0 radical (unpaired) electrons. The third-order valence-corrected chi connectivity index (χ3v) is 6.35. The second-order valence-electron chi connectivity index (χ2n) is 3.16. The first-order chi connectivity index (χ1) is 5.17. The minimum Gasteiger partial charge on any atom is -0.305 e. The van der Waals surface area contributed by atoms with E-state index in [9.17, 15) is 8.42 Å². The van der Waals surface area contributed by atoms with Gasteiger partial charge in [0.1, 0.15) is 4.08 Å². The van der Waals surface area contributed by atoms with E-state index >= 15 is 0 Å². The second-order valence-corrected chi connectivity index (χ2v) is 6.74. The summed E-state index contributed by atoms with van der Waals surface area (Å²) >= 11 is -1.88. The van der Waals surface area contributed by atoms with Gasteiger partial charge in [0, 0.05) is 16.0 Å². The molecule has 64 valence electrons. The molecule has 2 saturated carbocycles. The molecule has 0 amide bonds. The molecule has 2 atom stereocenters. The van der Waals surface area contributed by atoms with Gasteiger partial charge in [-0.1, -0.05) is 0 Å². The van der Waals surface area contributed by atoms with Crippen LogP contribution in [0.4, 0.5) is 0 Å². The molecule has 2 aliphatic carbocycles. The molecule has 1 N–H and O–H groups in total. The summed E-state index contributed by atoms with van der Waals surface area (Å²) in [7, 11) is -1.04. The fourth-order valence-corrected chi connectivity index (χ4v) is 4.23. The van der Waals surface area contributed by atoms with Gasteiger partial charge in [-0.2, -0.15) is 0 Å². The van der Waals surface area contributed by atoms with Crippen molar-refractivity contribution in [3.8, 4) is 0 Å². The van der Waals surface area contributed by atoms with E-state index in [1.165, 1.54) is 0 Å². The van der Waals surface area contributed by atoms with E-state index in [2.05, 4.69) is 0 Å². The Labute approximate surface area is 70.3 Å². The maximum absolute atomic E-state index is 11.5. The fourth-order valence-electron chi connectivity index (χ4n) is 1.13. The normalized spacial score (nSPS) is 32.8. The molecule has 2 aliphatic rings. The molecule has 11 heavy (non-hydrogen) atoms. The SMILES string of the molecule is O=S(O)C1(S(=O)C2CC2)CC1. The van der Waals surface area contributed by atoms with E-state index in [4.69, 9.17) is 4.55 Å². The highest BCUT2D eigenvalue weighted by molar-refractivity contribution is 8.02. The first kappa shape index (κ1) is 7.89. The summed E-state index contributed by atoms with van der Waals surface area (Å²) in [5.74, 6) is 0. The Balaban J connectivity index is 2.13. The van der Waals surface area contributed by atoms with Gasteiger partial charge in [0.05, 0.1) is 0 Å². The molecule has 0 aromatic heterocycles. The quantitative estimate of drug-likeness (QED) is 0.670. The van der Waals surface area contributed by atoms with Crippen molar-refractivity contribution in [1.29, 1.82) is 0 Å². The predicted molar refractivity (Wildman–Crippen MR) is 43.9 cm³/mol. The molecule has 0 aromatic rings. The molecule has 3 nitrogen and oxygen atoms in total. The summed E-state index contributed by atoms with van der Waals surface area (Å²) < 4.78 is 30.4. The highest BCUT2D eigenvalue weighted by Gasteiger charge is 2.58. The Bertz CT molecular complexity index is 230. The Morgan fingerprint density at radius 2 is 1.82 bits per heavy atom. The minimum absolute atomic E-state index is 0.230. The minimum atomic E-state index is -1.88. The zero-order valence-electron chi connectivity index (χ0n) is 5.99. The molecule has 2 rings (SSSR count). The Hall–Kier alpha value is 0.260. The van der Waals surface area contributed by atoms with Crippen LogP contribution in [0.3, 0.4) is 0 Å². The van der Waals surface area contributed by atoms with Gasteiger partial charge in [-0.25, -0.2) is 4.21 Å². The number of rotatable bonds is 3. The third kappa shape index (κ3) is 1.19. The van der Waals surface area contributed by atoms with Crippen molar-refractivity contribution in [3.05, 3.63) is 0 Å². The van der Waals surface area contributed by atoms with E-state index in [0.29, 0.717) is 12.8 Å². The van der Waals surface area contributed by atoms with Crippen molar-refractivity contribution in [2.75, 3.05) is 0 Å². The second kappa shape index (κ2) is 2.37. The Morgan fingerprint density at radius 3 is 2.09 bits per heavy atom. The molecule has 0 spiro atoms. The van der Waals surface area contributed by atoms with E-state index in [0.717, 1.165) is 12.8 Å². The van der Waals surface area contributed by atoms with Crippen LogP contribution in [-0.2, 0) is 21.9 Å². The van der Waals surface area contributed by atoms with Crippen LogP contribution in [0.5, 0.6) is 0 Å². The highest BCUT2D eigenvalue weighted by Crippen LogP contribution is 2.49. The Morgan fingerprint density at radius 1 is 1.27 bits per heavy atom. The zero-order chi connectivity index (χ0) is 8.06. The van der Waals surface area contributed by atoms with Crippen LogP contribution in [-0.4, -0.2) is 22.3 Å². The number of hydrogen-bond acceptors (Lipinski definition) is 2. The van der Waals surface area contributed by atoms with Gasteiger partial charge in [0.25, 0.3) is 0 Å². The molecule has 0 heterocycles. The van der Waals surface area contributed by atoms with E-state index in [1.807, 2.05) is 0 Å². The summed E-state index contributed by atoms with van der Waals surface area (Å²) in [6, 6.07) is 0. The molecule has 0 bridgehead atoms. The highest BCUT2D eigenvalue weighted by atomic mass is 32.3. The van der Waals surface area contributed by atoms with Gasteiger partial charge in [-0.05, 0) is 25.7 Å². The Kier molecular flexibility index (Phi) is 1.70. The number of hydrogen-bond donors (Lipinski definition) is 1. The van der Waals surface area contributed by atoms with Crippen molar-refractivity contribution < 1.29 is 13.0 Å². The average Bonchev–Trinajstić information content (AvgIpc) is 2.84. The van der Waals surface area contributed by atoms with Gasteiger partial charge in [-0.3, -0.25) is 4.21 Å². The van der Waals surface area contributed by atoms with Crippen molar-refractivity contribution in [1.82, 2.24) is 0 Å². The molecule has 0 aromatic carbocycles. The van der Waals surface area contributed by atoms with Gasteiger partial charge in [0.2, 0.25) is 0 Å². The molecule has 0 aliphatic heterocycles. The molecular formula is C6H10O3S2. The monoisotopic (exact) mass is 194 g/mol. The molecule has 2 fully saturated rings. The summed E-state index contributed by atoms with van der Waals surface area (Å²) in [5, 5.41) is 0.230. The zero-order valence-corrected chi connectivity index (χ0v) is 7.62. The standard InChI is InChI=1S/C6H10O3S2/c7-10(5-1-2-5)6(3-4-6)11(8)9/h5H,1-4H2,(H,8,9). The first-order valence-electron chi connectivity index (χ1n) is 3.68. The van der Waals surface area contributed by atoms with Crippen LogP contribution in [0.15, 0.2) is 0 Å². The van der Waals surface area contributed by atoms with E-state index in [1.54, 1.807) is 0 Å². The lowest BCUT2D eigenvalue weighted by atomic mass is 10.9. The smallest absolute Gasteiger partial charge is 0.172 e. The van der Waals surface area contributed by atoms with E-state index < -0.39 is 26.0 Å². The van der Waals surface area contributed by atoms with Crippen LogP contribution < -0.4 is 0 Å². The third-order valence-electron chi connectivity index (χ3n) is 2.17. The maximum Gasteiger partial charge on any atom is 0.172 e. The largest absolute Gasteiger partial charge is 0.305 e. The first-order valence-corrected chi connectivity index (χ1v) is 6.00. The molecule has 0 saturated heterocycles. The van der Waals surface area contributed by atoms with Crippen molar-refractivity contribution in [2.45, 2.75) is 35.0 Å².